The Hall–Kier alpha value is -3.85. The Bertz CT molecular complexity index is 1750. The number of nitrogens with zero attached hydrogens (tertiary/aromatic N) is 2. The molecule has 4 aromatic rings. The molecule has 230 valence electrons. The number of carbonyl (C=O) groups excluding carboxylic acids is 2. The van der Waals surface area contributed by atoms with Crippen LogP contribution < -0.4 is 9.62 Å². The van der Waals surface area contributed by atoms with Crippen molar-refractivity contribution in [1.82, 2.24) is 10.2 Å². The van der Waals surface area contributed by atoms with Crippen LogP contribution in [0.4, 0.5) is 5.69 Å². The zero-order chi connectivity index (χ0) is 32.0. The third-order valence-corrected chi connectivity index (χ3v) is 9.74. The molecule has 0 aromatic heterocycles. The highest BCUT2D eigenvalue weighted by Gasteiger charge is 2.35. The largest absolute Gasteiger partial charge is 0.357 e. The normalized spacial score (nSPS) is 12.0. The highest BCUT2D eigenvalue weighted by atomic mass is 35.5. The molecule has 0 saturated heterocycles. The molecule has 4 rings (SSSR count). The zero-order valence-corrected chi connectivity index (χ0v) is 27.4. The Morgan fingerprint density at radius 1 is 0.841 bits per heavy atom. The van der Waals surface area contributed by atoms with Gasteiger partial charge in [-0.05, 0) is 67.8 Å². The van der Waals surface area contributed by atoms with Crippen LogP contribution in [0.2, 0.25) is 10.0 Å². The summed E-state index contributed by atoms with van der Waals surface area (Å²) < 4.78 is 29.5. The molecule has 0 heterocycles. The maximum atomic E-state index is 14.4. The third-order valence-electron chi connectivity index (χ3n) is 7.38. The van der Waals surface area contributed by atoms with Crippen molar-refractivity contribution in [3.8, 4) is 0 Å². The van der Waals surface area contributed by atoms with Crippen LogP contribution in [0.3, 0.4) is 0 Å². The summed E-state index contributed by atoms with van der Waals surface area (Å²) in [7, 11) is -2.69. The number of anilines is 1. The smallest absolute Gasteiger partial charge is 0.264 e. The lowest BCUT2D eigenvalue weighted by molar-refractivity contribution is -0.139. The molecule has 44 heavy (non-hydrogen) atoms. The summed E-state index contributed by atoms with van der Waals surface area (Å²) in [5, 5.41) is 3.42. The van der Waals surface area contributed by atoms with Gasteiger partial charge in [-0.15, -0.1) is 0 Å². The Kier molecular flexibility index (Phi) is 10.7. The van der Waals surface area contributed by atoms with Crippen LogP contribution in [0.15, 0.2) is 95.9 Å². The fourth-order valence-corrected chi connectivity index (χ4v) is 6.94. The number of hydrogen-bond donors (Lipinski definition) is 1. The molecule has 0 bridgehead atoms. The fraction of sp³-hybridized carbons (Fsp3) is 0.235. The summed E-state index contributed by atoms with van der Waals surface area (Å²) in [4.78, 5) is 29.3. The van der Waals surface area contributed by atoms with E-state index < -0.39 is 34.4 Å². The second kappa shape index (κ2) is 14.3. The Morgan fingerprint density at radius 2 is 1.50 bits per heavy atom. The van der Waals surface area contributed by atoms with Crippen LogP contribution >= 0.6 is 23.2 Å². The first-order valence-electron chi connectivity index (χ1n) is 14.1. The lowest BCUT2D eigenvalue weighted by Gasteiger charge is -2.34. The van der Waals surface area contributed by atoms with Crippen molar-refractivity contribution in [2.75, 3.05) is 17.9 Å². The maximum absolute atomic E-state index is 14.4. The molecule has 2 amide bonds. The lowest BCUT2D eigenvalue weighted by Crippen LogP contribution is -2.53. The van der Waals surface area contributed by atoms with Crippen molar-refractivity contribution >= 4 is 50.7 Å². The summed E-state index contributed by atoms with van der Waals surface area (Å²) in [6, 6.07) is 25.1. The van der Waals surface area contributed by atoms with E-state index in [0.717, 1.165) is 21.0 Å². The van der Waals surface area contributed by atoms with Crippen molar-refractivity contribution in [1.29, 1.82) is 0 Å². The number of hydrogen-bond acceptors (Lipinski definition) is 4. The zero-order valence-electron chi connectivity index (χ0n) is 25.1. The molecule has 10 heteroatoms. The molecule has 7 nitrogen and oxygen atoms in total. The van der Waals surface area contributed by atoms with Gasteiger partial charge in [0.1, 0.15) is 12.6 Å². The predicted molar refractivity (Wildman–Crippen MR) is 177 cm³/mol. The van der Waals surface area contributed by atoms with E-state index in [2.05, 4.69) is 5.32 Å². The van der Waals surface area contributed by atoms with Crippen molar-refractivity contribution in [3.63, 3.8) is 0 Å². The summed E-state index contributed by atoms with van der Waals surface area (Å²) in [5.41, 5.74) is 4.30. The van der Waals surface area contributed by atoms with Gasteiger partial charge in [-0.1, -0.05) is 95.0 Å². The Balaban J connectivity index is 1.83. The van der Waals surface area contributed by atoms with Gasteiger partial charge in [0.15, 0.2) is 0 Å². The fourth-order valence-electron chi connectivity index (χ4n) is 4.99. The number of benzene rings is 4. The highest BCUT2D eigenvalue weighted by Crippen LogP contribution is 2.29. The number of amides is 2. The topological polar surface area (TPSA) is 86.8 Å². The van der Waals surface area contributed by atoms with E-state index in [1.807, 2.05) is 50.2 Å². The van der Waals surface area contributed by atoms with Crippen LogP contribution in [0.5, 0.6) is 0 Å². The quantitative estimate of drug-likeness (QED) is 0.201. The van der Waals surface area contributed by atoms with Crippen molar-refractivity contribution in [2.24, 2.45) is 0 Å². The van der Waals surface area contributed by atoms with Crippen LogP contribution in [0, 0.1) is 20.8 Å². The van der Waals surface area contributed by atoms with Crippen LogP contribution in [-0.2, 0) is 32.6 Å². The number of likely N-dealkylation sites (N-methyl/N-ethyl adjacent to an activating group) is 1. The number of nitrogens with one attached hydrogen (secondary N) is 1. The van der Waals surface area contributed by atoms with Crippen molar-refractivity contribution < 1.29 is 18.0 Å². The number of aryl methyl sites for hydroxylation is 3. The van der Waals surface area contributed by atoms with Gasteiger partial charge in [-0.3, -0.25) is 13.9 Å². The second-order valence-corrected chi connectivity index (χ2v) is 13.4. The molecule has 4 aromatic carbocycles. The van der Waals surface area contributed by atoms with Gasteiger partial charge >= 0.3 is 0 Å². The van der Waals surface area contributed by atoms with Gasteiger partial charge in [0.05, 0.1) is 10.6 Å². The molecule has 0 aliphatic carbocycles. The molecule has 0 aliphatic heterocycles. The molecule has 0 unspecified atom stereocenters. The van der Waals surface area contributed by atoms with Gasteiger partial charge in [-0.2, -0.15) is 0 Å². The number of sulfonamides is 1. The average molecular weight is 653 g/mol. The number of rotatable bonds is 11. The summed E-state index contributed by atoms with van der Waals surface area (Å²) >= 11 is 12.7. The van der Waals surface area contributed by atoms with Crippen LogP contribution in [-0.4, -0.2) is 44.8 Å². The molecular weight excluding hydrogens is 617 g/mol. The van der Waals surface area contributed by atoms with Crippen LogP contribution in [0.1, 0.15) is 27.8 Å². The minimum absolute atomic E-state index is 0.0505. The first-order valence-corrected chi connectivity index (χ1v) is 16.3. The Morgan fingerprint density at radius 3 is 2.11 bits per heavy atom. The van der Waals surface area contributed by atoms with E-state index in [1.54, 1.807) is 49.4 Å². The van der Waals surface area contributed by atoms with E-state index in [0.29, 0.717) is 26.9 Å². The average Bonchev–Trinajstić information content (AvgIpc) is 2.99. The van der Waals surface area contributed by atoms with Gasteiger partial charge in [-0.25, -0.2) is 8.42 Å². The second-order valence-electron chi connectivity index (χ2n) is 10.7. The number of halogens is 2. The lowest BCUT2D eigenvalue weighted by atomic mass is 10.0. The Labute approximate surface area is 269 Å². The van der Waals surface area contributed by atoms with Crippen LogP contribution in [0.25, 0.3) is 0 Å². The van der Waals surface area contributed by atoms with Crippen molar-refractivity contribution in [2.45, 2.75) is 44.7 Å². The van der Waals surface area contributed by atoms with E-state index in [-0.39, 0.29) is 17.9 Å². The summed E-state index contributed by atoms with van der Waals surface area (Å²) in [6.07, 6.45) is 0.200. The van der Waals surface area contributed by atoms with Gasteiger partial charge in [0.2, 0.25) is 11.8 Å². The monoisotopic (exact) mass is 651 g/mol. The first-order chi connectivity index (χ1) is 20.9. The SMILES string of the molecule is CNC(=O)[C@@H](Cc1ccccc1)N(Cc1ccc(Cl)cc1Cl)C(=O)CN(c1ccc(C)cc1C)S(=O)(=O)c1ccc(C)cc1. The minimum Gasteiger partial charge on any atom is -0.357 e. The molecule has 0 spiro atoms. The molecule has 0 aliphatic rings. The molecular formula is C34H35Cl2N3O4S. The predicted octanol–water partition coefficient (Wildman–Crippen LogP) is 6.50. The molecule has 0 saturated carbocycles. The van der Waals surface area contributed by atoms with Crippen molar-refractivity contribution in [3.05, 3.63) is 129 Å². The summed E-state index contributed by atoms with van der Waals surface area (Å²) in [5.74, 6) is -0.969. The first kappa shape index (κ1) is 33.1. The van der Waals surface area contributed by atoms with E-state index in [9.17, 15) is 18.0 Å². The number of carbonyl (C=O) groups is 2. The molecule has 1 atom stereocenters. The standard InChI is InChI=1S/C34H35Cl2N3O4S/c1-23-10-15-29(16-11-23)44(42,43)39(31-17-12-24(2)18-25(31)3)22-33(40)38(21-27-13-14-28(35)20-30(27)36)32(34(41)37-4)19-26-8-6-5-7-9-26/h5-18,20,32H,19,21-22H2,1-4H3,(H,37,41)/t32-/m1/s1. The van der Waals surface area contributed by atoms with E-state index in [1.165, 1.54) is 24.1 Å². The van der Waals surface area contributed by atoms with Gasteiger partial charge in [0, 0.05) is 30.1 Å². The third kappa shape index (κ3) is 7.80. The minimum atomic E-state index is -4.19. The van der Waals surface area contributed by atoms with E-state index >= 15 is 0 Å². The van der Waals surface area contributed by atoms with E-state index in [4.69, 9.17) is 23.2 Å². The van der Waals surface area contributed by atoms with Gasteiger partial charge in [0.25, 0.3) is 10.0 Å². The summed E-state index contributed by atoms with van der Waals surface area (Å²) in [6.45, 7) is 4.99. The highest BCUT2D eigenvalue weighted by molar-refractivity contribution is 7.92. The molecule has 1 N–H and O–H groups in total. The van der Waals surface area contributed by atoms with Gasteiger partial charge < -0.3 is 10.2 Å². The maximum Gasteiger partial charge on any atom is 0.264 e. The molecule has 0 radical (unpaired) electrons. The molecule has 0 fully saturated rings.